The minimum atomic E-state index is -0.154. The summed E-state index contributed by atoms with van der Waals surface area (Å²) in [6.45, 7) is 6.12. The summed E-state index contributed by atoms with van der Waals surface area (Å²) in [4.78, 5) is 12.0. The lowest BCUT2D eigenvalue weighted by Gasteiger charge is -2.38. The fraction of sp³-hybridized carbons (Fsp3) is 0.615. The average molecular weight is 236 g/mol. The number of hydrogen-bond donors (Lipinski definition) is 1. The van der Waals surface area contributed by atoms with E-state index in [0.29, 0.717) is 17.8 Å². The lowest BCUT2D eigenvalue weighted by molar-refractivity contribution is 0.0350. The first-order valence-electron chi connectivity index (χ1n) is 6.23. The van der Waals surface area contributed by atoms with Crippen LogP contribution >= 0.6 is 0 Å². The summed E-state index contributed by atoms with van der Waals surface area (Å²) >= 11 is 0. The van der Waals surface area contributed by atoms with Crippen molar-refractivity contribution in [1.82, 2.24) is 10.4 Å². The van der Waals surface area contributed by atoms with Gasteiger partial charge in [-0.3, -0.25) is 10.2 Å². The average Bonchev–Trinajstić information content (AvgIpc) is 2.70. The van der Waals surface area contributed by atoms with E-state index in [9.17, 15) is 4.79 Å². The molecule has 17 heavy (non-hydrogen) atoms. The third kappa shape index (κ3) is 2.69. The molecule has 4 nitrogen and oxygen atoms in total. The first-order chi connectivity index (χ1) is 8.08. The molecule has 1 fully saturated rings. The summed E-state index contributed by atoms with van der Waals surface area (Å²) in [6.07, 6.45) is 3.48. The van der Waals surface area contributed by atoms with Crippen LogP contribution in [0.3, 0.4) is 0 Å². The van der Waals surface area contributed by atoms with Gasteiger partial charge in [0.05, 0.1) is 0 Å². The quantitative estimate of drug-likeness (QED) is 0.858. The van der Waals surface area contributed by atoms with E-state index in [1.807, 2.05) is 11.9 Å². The van der Waals surface area contributed by atoms with Crippen molar-refractivity contribution in [2.75, 3.05) is 0 Å². The predicted octanol–water partition coefficient (Wildman–Crippen LogP) is 2.50. The highest BCUT2D eigenvalue weighted by molar-refractivity contribution is 5.91. The van der Waals surface area contributed by atoms with Crippen molar-refractivity contribution in [2.24, 2.45) is 0 Å². The molecule has 1 N–H and O–H groups in total. The molecule has 94 valence electrons. The summed E-state index contributed by atoms with van der Waals surface area (Å²) < 4.78 is 5.32. The van der Waals surface area contributed by atoms with Crippen molar-refractivity contribution < 1.29 is 9.21 Å². The molecule has 0 unspecified atom stereocenters. The number of amides is 1. The maximum Gasteiger partial charge on any atom is 0.301 e. The molecule has 0 radical (unpaired) electrons. The molecular formula is C13H20N2O2. The molecule has 0 aromatic carbocycles. The first-order valence-corrected chi connectivity index (χ1v) is 6.23. The maximum absolute atomic E-state index is 12.0. The number of hydrogen-bond acceptors (Lipinski definition) is 3. The molecule has 0 aliphatic carbocycles. The summed E-state index contributed by atoms with van der Waals surface area (Å²) in [6, 6.07) is 4.29. The van der Waals surface area contributed by atoms with Gasteiger partial charge >= 0.3 is 5.91 Å². The minimum absolute atomic E-state index is 0.154. The largest absolute Gasteiger partial charge is 0.456 e. The van der Waals surface area contributed by atoms with E-state index in [1.165, 1.54) is 6.42 Å². The van der Waals surface area contributed by atoms with Crippen LogP contribution in [0.15, 0.2) is 16.5 Å². The Hall–Kier alpha value is -1.29. The maximum atomic E-state index is 12.0. The van der Waals surface area contributed by atoms with Crippen LogP contribution in [0.1, 0.15) is 49.4 Å². The molecule has 4 heteroatoms. The van der Waals surface area contributed by atoms with E-state index in [1.54, 1.807) is 12.1 Å². The van der Waals surface area contributed by atoms with E-state index in [2.05, 4.69) is 19.3 Å². The molecule has 1 amide bonds. The van der Waals surface area contributed by atoms with Gasteiger partial charge in [-0.05, 0) is 45.7 Å². The van der Waals surface area contributed by atoms with Crippen LogP contribution < -0.4 is 5.43 Å². The minimum Gasteiger partial charge on any atom is -0.456 e. The fourth-order valence-electron chi connectivity index (χ4n) is 2.37. The van der Waals surface area contributed by atoms with Gasteiger partial charge in [0.25, 0.3) is 0 Å². The van der Waals surface area contributed by atoms with Crippen molar-refractivity contribution in [2.45, 2.75) is 52.1 Å². The van der Waals surface area contributed by atoms with Crippen molar-refractivity contribution in [1.29, 1.82) is 0 Å². The van der Waals surface area contributed by atoms with Gasteiger partial charge in [-0.1, -0.05) is 6.42 Å². The Labute approximate surface area is 102 Å². The number of carbonyl (C=O) groups excluding carboxylic acids is 1. The second-order valence-electron chi connectivity index (χ2n) is 4.89. The summed E-state index contributed by atoms with van der Waals surface area (Å²) in [5.74, 6) is 0.987. The standard InChI is InChI=1S/C13H20N2O2/c1-9-5-4-6-10(2)15(9)14-13(16)12-8-7-11(3)17-12/h7-10H,4-6H2,1-3H3,(H,14,16)/t9-,10-/m0/s1. The summed E-state index contributed by atoms with van der Waals surface area (Å²) in [7, 11) is 0. The normalized spacial score (nSPS) is 25.8. The summed E-state index contributed by atoms with van der Waals surface area (Å²) in [5.41, 5.74) is 2.95. The van der Waals surface area contributed by atoms with Crippen LogP contribution in [-0.2, 0) is 0 Å². The third-order valence-corrected chi connectivity index (χ3v) is 3.39. The molecule has 1 aromatic rings. The predicted molar refractivity (Wildman–Crippen MR) is 65.5 cm³/mol. The lowest BCUT2D eigenvalue weighted by Crippen LogP contribution is -2.54. The summed E-state index contributed by atoms with van der Waals surface area (Å²) in [5, 5.41) is 2.05. The number of aryl methyl sites for hydroxylation is 1. The number of carbonyl (C=O) groups is 1. The van der Waals surface area contributed by atoms with Crippen LogP contribution in [0.2, 0.25) is 0 Å². The second-order valence-corrected chi connectivity index (χ2v) is 4.89. The highest BCUT2D eigenvalue weighted by Gasteiger charge is 2.27. The molecule has 0 saturated carbocycles. The SMILES string of the molecule is Cc1ccc(C(=O)NN2[C@@H](C)CCC[C@@H]2C)o1. The molecule has 1 aromatic heterocycles. The Kier molecular flexibility index (Phi) is 3.52. The zero-order valence-electron chi connectivity index (χ0n) is 10.7. The third-order valence-electron chi connectivity index (χ3n) is 3.39. The zero-order chi connectivity index (χ0) is 12.4. The van der Waals surface area contributed by atoms with Gasteiger partial charge < -0.3 is 4.42 Å². The van der Waals surface area contributed by atoms with Crippen LogP contribution in [0, 0.1) is 6.92 Å². The fourth-order valence-corrected chi connectivity index (χ4v) is 2.37. The van der Waals surface area contributed by atoms with Gasteiger partial charge in [-0.2, -0.15) is 0 Å². The van der Waals surface area contributed by atoms with Gasteiger partial charge in [-0.15, -0.1) is 0 Å². The molecule has 1 saturated heterocycles. The topological polar surface area (TPSA) is 45.5 Å². The Bertz CT molecular complexity index is 390. The van der Waals surface area contributed by atoms with Crippen LogP contribution in [-0.4, -0.2) is 23.0 Å². The number of hydrazine groups is 1. The highest BCUT2D eigenvalue weighted by Crippen LogP contribution is 2.20. The van der Waals surface area contributed by atoms with E-state index in [-0.39, 0.29) is 5.91 Å². The van der Waals surface area contributed by atoms with Gasteiger partial charge in [-0.25, -0.2) is 5.01 Å². The molecule has 0 bridgehead atoms. The van der Waals surface area contributed by atoms with E-state index >= 15 is 0 Å². The Morgan fingerprint density at radius 1 is 1.35 bits per heavy atom. The van der Waals surface area contributed by atoms with Crippen LogP contribution in [0.25, 0.3) is 0 Å². The van der Waals surface area contributed by atoms with Crippen LogP contribution in [0.5, 0.6) is 0 Å². The lowest BCUT2D eigenvalue weighted by atomic mass is 10.00. The van der Waals surface area contributed by atoms with Crippen molar-refractivity contribution in [3.8, 4) is 0 Å². The molecule has 1 aliphatic rings. The Morgan fingerprint density at radius 3 is 2.53 bits per heavy atom. The van der Waals surface area contributed by atoms with Gasteiger partial charge in [0.1, 0.15) is 5.76 Å². The molecule has 2 atom stereocenters. The molecule has 2 rings (SSSR count). The number of nitrogens with one attached hydrogen (secondary N) is 1. The zero-order valence-corrected chi connectivity index (χ0v) is 10.7. The van der Waals surface area contributed by atoms with E-state index < -0.39 is 0 Å². The van der Waals surface area contributed by atoms with Crippen molar-refractivity contribution in [3.05, 3.63) is 23.7 Å². The number of piperidine rings is 1. The van der Waals surface area contributed by atoms with E-state index in [4.69, 9.17) is 4.42 Å². The van der Waals surface area contributed by atoms with Gasteiger partial charge in [0, 0.05) is 12.1 Å². The van der Waals surface area contributed by atoms with Crippen molar-refractivity contribution in [3.63, 3.8) is 0 Å². The van der Waals surface area contributed by atoms with Crippen LogP contribution in [0.4, 0.5) is 0 Å². The first kappa shape index (κ1) is 12.2. The molecule has 1 aliphatic heterocycles. The number of furan rings is 1. The molecular weight excluding hydrogens is 216 g/mol. The Balaban J connectivity index is 2.02. The van der Waals surface area contributed by atoms with Gasteiger partial charge in [0.15, 0.2) is 5.76 Å². The second kappa shape index (κ2) is 4.92. The number of rotatable bonds is 2. The highest BCUT2D eigenvalue weighted by atomic mass is 16.3. The van der Waals surface area contributed by atoms with E-state index in [0.717, 1.165) is 18.6 Å². The Morgan fingerprint density at radius 2 is 2.00 bits per heavy atom. The monoisotopic (exact) mass is 236 g/mol. The molecule has 2 heterocycles. The smallest absolute Gasteiger partial charge is 0.301 e. The molecule has 0 spiro atoms. The van der Waals surface area contributed by atoms with Crippen molar-refractivity contribution >= 4 is 5.91 Å². The van der Waals surface area contributed by atoms with Gasteiger partial charge in [0.2, 0.25) is 0 Å². The number of nitrogens with zero attached hydrogens (tertiary/aromatic N) is 1.